The lowest BCUT2D eigenvalue weighted by atomic mass is 10.0. The minimum atomic E-state index is 0.0604. The van der Waals surface area contributed by atoms with Gasteiger partial charge in [0, 0.05) is 31.0 Å². The molecule has 4 aromatic rings. The van der Waals surface area contributed by atoms with Gasteiger partial charge in [0.05, 0.1) is 6.42 Å². The summed E-state index contributed by atoms with van der Waals surface area (Å²) in [6, 6.07) is 24.4. The summed E-state index contributed by atoms with van der Waals surface area (Å²) in [5.74, 6) is 1.02. The molecule has 0 atom stereocenters. The molecule has 140 valence electrons. The van der Waals surface area contributed by atoms with Crippen LogP contribution in [0.5, 0.6) is 0 Å². The van der Waals surface area contributed by atoms with E-state index in [4.69, 9.17) is 0 Å². The number of rotatable bonds is 7. The molecule has 0 saturated heterocycles. The monoisotopic (exact) mass is 369 g/mol. The standard InChI is InChI=1S/C24H23N3O/c28-23(18-21-12-6-11-19-8-4-5-13-22(19)21)25-14-7-16-27-17-15-26-24(27)20-9-2-1-3-10-20/h1-6,8-13,15,17H,7,14,16,18H2,(H,25,28). The van der Waals surface area contributed by atoms with Crippen LogP contribution in [0.2, 0.25) is 0 Å². The normalized spacial score (nSPS) is 10.9. The predicted octanol–water partition coefficient (Wildman–Crippen LogP) is 4.45. The smallest absolute Gasteiger partial charge is 0.224 e. The molecular weight excluding hydrogens is 346 g/mol. The van der Waals surface area contributed by atoms with Crippen LogP contribution in [0.15, 0.2) is 85.2 Å². The molecule has 1 heterocycles. The Kier molecular flexibility index (Phi) is 5.48. The molecule has 4 heteroatoms. The maximum absolute atomic E-state index is 12.4. The molecule has 0 fully saturated rings. The van der Waals surface area contributed by atoms with Gasteiger partial charge in [-0.1, -0.05) is 72.8 Å². The molecule has 4 rings (SSSR count). The number of fused-ring (bicyclic) bond motifs is 1. The summed E-state index contributed by atoms with van der Waals surface area (Å²) in [5.41, 5.74) is 2.17. The van der Waals surface area contributed by atoms with Gasteiger partial charge in [0.15, 0.2) is 0 Å². The predicted molar refractivity (Wildman–Crippen MR) is 113 cm³/mol. The number of amides is 1. The van der Waals surface area contributed by atoms with Gasteiger partial charge in [-0.25, -0.2) is 4.98 Å². The van der Waals surface area contributed by atoms with E-state index in [0.717, 1.165) is 35.3 Å². The van der Waals surface area contributed by atoms with Gasteiger partial charge < -0.3 is 9.88 Å². The summed E-state index contributed by atoms with van der Waals surface area (Å²) >= 11 is 0. The van der Waals surface area contributed by atoms with Gasteiger partial charge in [-0.05, 0) is 22.8 Å². The fraction of sp³-hybridized carbons (Fsp3) is 0.167. The van der Waals surface area contributed by atoms with Gasteiger partial charge in [0.1, 0.15) is 5.82 Å². The minimum Gasteiger partial charge on any atom is -0.356 e. The third-order valence-electron chi connectivity index (χ3n) is 4.88. The van der Waals surface area contributed by atoms with Crippen LogP contribution in [0.4, 0.5) is 0 Å². The third-order valence-corrected chi connectivity index (χ3v) is 4.88. The Morgan fingerprint density at radius 3 is 2.61 bits per heavy atom. The number of nitrogens with zero attached hydrogens (tertiary/aromatic N) is 2. The first kappa shape index (κ1) is 18.0. The van der Waals surface area contributed by atoms with Gasteiger partial charge >= 0.3 is 0 Å². The van der Waals surface area contributed by atoms with Crippen molar-refractivity contribution in [3.05, 3.63) is 90.8 Å². The zero-order chi connectivity index (χ0) is 19.2. The first-order valence-electron chi connectivity index (χ1n) is 9.61. The Labute approximate surface area is 164 Å². The molecular formula is C24H23N3O. The average molecular weight is 369 g/mol. The largest absolute Gasteiger partial charge is 0.356 e. The second kappa shape index (κ2) is 8.53. The van der Waals surface area contributed by atoms with E-state index in [9.17, 15) is 4.79 Å². The van der Waals surface area contributed by atoms with E-state index in [1.54, 1.807) is 0 Å². The van der Waals surface area contributed by atoms with E-state index in [1.807, 2.05) is 54.9 Å². The summed E-state index contributed by atoms with van der Waals surface area (Å²) in [7, 11) is 0. The minimum absolute atomic E-state index is 0.0604. The molecule has 0 aliphatic carbocycles. The van der Waals surface area contributed by atoms with Gasteiger partial charge in [-0.3, -0.25) is 4.79 Å². The Hall–Kier alpha value is -3.40. The van der Waals surface area contributed by atoms with Gasteiger partial charge in [0.25, 0.3) is 0 Å². The van der Waals surface area contributed by atoms with Crippen LogP contribution in [0.3, 0.4) is 0 Å². The molecule has 0 spiro atoms. The molecule has 1 N–H and O–H groups in total. The number of hydrogen-bond donors (Lipinski definition) is 1. The number of carbonyl (C=O) groups is 1. The van der Waals surface area contributed by atoms with Crippen molar-refractivity contribution in [2.75, 3.05) is 6.54 Å². The van der Waals surface area contributed by atoms with Crippen LogP contribution >= 0.6 is 0 Å². The Morgan fingerprint density at radius 1 is 0.929 bits per heavy atom. The van der Waals surface area contributed by atoms with Crippen LogP contribution < -0.4 is 5.32 Å². The van der Waals surface area contributed by atoms with E-state index in [0.29, 0.717) is 13.0 Å². The number of aryl methyl sites for hydroxylation is 1. The summed E-state index contributed by atoms with van der Waals surface area (Å²) in [5, 5.41) is 5.36. The van der Waals surface area contributed by atoms with Crippen molar-refractivity contribution in [3.63, 3.8) is 0 Å². The zero-order valence-corrected chi connectivity index (χ0v) is 15.7. The second-order valence-electron chi connectivity index (χ2n) is 6.83. The molecule has 1 aromatic heterocycles. The molecule has 0 saturated carbocycles. The lowest BCUT2D eigenvalue weighted by Gasteiger charge is -2.10. The fourth-order valence-electron chi connectivity index (χ4n) is 3.50. The van der Waals surface area contributed by atoms with Crippen LogP contribution in [-0.4, -0.2) is 22.0 Å². The second-order valence-corrected chi connectivity index (χ2v) is 6.83. The number of hydrogen-bond acceptors (Lipinski definition) is 2. The van der Waals surface area contributed by atoms with E-state index in [-0.39, 0.29) is 5.91 Å². The number of benzene rings is 3. The number of imidazole rings is 1. The summed E-state index contributed by atoms with van der Waals surface area (Å²) in [6.45, 7) is 1.47. The number of nitrogens with one attached hydrogen (secondary N) is 1. The fourth-order valence-corrected chi connectivity index (χ4v) is 3.50. The molecule has 0 aliphatic rings. The molecule has 0 unspecified atom stereocenters. The first-order valence-corrected chi connectivity index (χ1v) is 9.61. The highest BCUT2D eigenvalue weighted by atomic mass is 16.1. The molecule has 3 aromatic carbocycles. The van der Waals surface area contributed by atoms with Crippen LogP contribution in [0.25, 0.3) is 22.2 Å². The highest BCUT2D eigenvalue weighted by molar-refractivity contribution is 5.90. The lowest BCUT2D eigenvalue weighted by molar-refractivity contribution is -0.120. The molecule has 0 aliphatic heterocycles. The van der Waals surface area contributed by atoms with Crippen LogP contribution in [-0.2, 0) is 17.8 Å². The molecule has 1 amide bonds. The van der Waals surface area contributed by atoms with Crippen molar-refractivity contribution in [1.29, 1.82) is 0 Å². The SMILES string of the molecule is O=C(Cc1cccc2ccccc12)NCCCn1ccnc1-c1ccccc1. The highest BCUT2D eigenvalue weighted by Crippen LogP contribution is 2.19. The molecule has 4 nitrogen and oxygen atoms in total. The number of carbonyl (C=O) groups excluding carboxylic acids is 1. The van der Waals surface area contributed by atoms with Crippen LogP contribution in [0, 0.1) is 0 Å². The van der Waals surface area contributed by atoms with Crippen molar-refractivity contribution in [3.8, 4) is 11.4 Å². The Balaban J connectivity index is 1.30. The van der Waals surface area contributed by atoms with Gasteiger partial charge in [0.2, 0.25) is 5.91 Å². The quantitative estimate of drug-likeness (QED) is 0.489. The van der Waals surface area contributed by atoms with Crippen LogP contribution in [0.1, 0.15) is 12.0 Å². The van der Waals surface area contributed by atoms with Crippen molar-refractivity contribution >= 4 is 16.7 Å². The molecule has 0 radical (unpaired) electrons. The highest BCUT2D eigenvalue weighted by Gasteiger charge is 2.08. The van der Waals surface area contributed by atoms with E-state index in [2.05, 4.69) is 45.2 Å². The third kappa shape index (κ3) is 4.12. The molecule has 0 bridgehead atoms. The van der Waals surface area contributed by atoms with E-state index >= 15 is 0 Å². The average Bonchev–Trinajstić information content (AvgIpc) is 3.21. The summed E-state index contributed by atoms with van der Waals surface area (Å²) < 4.78 is 2.13. The number of aromatic nitrogens is 2. The Bertz CT molecular complexity index is 1060. The summed E-state index contributed by atoms with van der Waals surface area (Å²) in [6.07, 6.45) is 5.07. The van der Waals surface area contributed by atoms with Crippen molar-refractivity contribution in [2.24, 2.45) is 0 Å². The zero-order valence-electron chi connectivity index (χ0n) is 15.7. The van der Waals surface area contributed by atoms with Gasteiger partial charge in [-0.15, -0.1) is 0 Å². The van der Waals surface area contributed by atoms with Gasteiger partial charge in [-0.2, -0.15) is 0 Å². The molecule has 28 heavy (non-hydrogen) atoms. The van der Waals surface area contributed by atoms with Crippen molar-refractivity contribution in [2.45, 2.75) is 19.4 Å². The van der Waals surface area contributed by atoms with Crippen molar-refractivity contribution in [1.82, 2.24) is 14.9 Å². The Morgan fingerprint density at radius 2 is 1.71 bits per heavy atom. The summed E-state index contributed by atoms with van der Waals surface area (Å²) in [4.78, 5) is 16.8. The van der Waals surface area contributed by atoms with E-state index in [1.165, 1.54) is 5.39 Å². The first-order chi connectivity index (χ1) is 13.8. The lowest BCUT2D eigenvalue weighted by Crippen LogP contribution is -2.26. The van der Waals surface area contributed by atoms with E-state index < -0.39 is 0 Å². The maximum Gasteiger partial charge on any atom is 0.224 e. The topological polar surface area (TPSA) is 46.9 Å². The van der Waals surface area contributed by atoms with Crippen molar-refractivity contribution < 1.29 is 4.79 Å². The maximum atomic E-state index is 12.4.